The fraction of sp³-hybridized carbons (Fsp3) is 0.667. The fourth-order valence-corrected chi connectivity index (χ4v) is 4.25. The predicted octanol–water partition coefficient (Wildman–Crippen LogP) is 5.57. The highest BCUT2D eigenvalue weighted by Crippen LogP contribution is 2.44. The first kappa shape index (κ1) is 14.9. The van der Waals surface area contributed by atoms with Crippen molar-refractivity contribution in [1.82, 2.24) is 0 Å². The van der Waals surface area contributed by atoms with Gasteiger partial charge in [-0.25, -0.2) is 0 Å². The van der Waals surface area contributed by atoms with Gasteiger partial charge in [0.2, 0.25) is 0 Å². The molecule has 2 rings (SSSR count). The van der Waals surface area contributed by atoms with Crippen LogP contribution in [0.25, 0.3) is 0 Å². The Morgan fingerprint density at radius 2 is 1.79 bits per heavy atom. The first-order valence-electron chi connectivity index (χ1n) is 7.68. The molecule has 1 fully saturated rings. The summed E-state index contributed by atoms with van der Waals surface area (Å²) in [6, 6.07) is 9.15. The third kappa shape index (κ3) is 3.16. The Kier molecular flexibility index (Phi) is 4.61. The largest absolute Gasteiger partial charge is 0.123 e. The molecule has 0 spiro atoms. The molecule has 0 bridgehead atoms. The van der Waals surface area contributed by atoms with Crippen molar-refractivity contribution in [3.05, 3.63) is 35.4 Å². The lowest BCUT2D eigenvalue weighted by Crippen LogP contribution is -2.38. The zero-order valence-corrected chi connectivity index (χ0v) is 13.5. The van der Waals surface area contributed by atoms with Crippen molar-refractivity contribution >= 4 is 11.6 Å². The van der Waals surface area contributed by atoms with Crippen LogP contribution in [0.15, 0.2) is 24.3 Å². The number of rotatable bonds is 3. The minimum Gasteiger partial charge on any atom is -0.123 e. The molecule has 1 saturated carbocycles. The summed E-state index contributed by atoms with van der Waals surface area (Å²) < 4.78 is 0. The molecule has 0 aliphatic heterocycles. The molecule has 3 atom stereocenters. The van der Waals surface area contributed by atoms with Gasteiger partial charge in [0.05, 0.1) is 0 Å². The zero-order valence-electron chi connectivity index (χ0n) is 12.7. The maximum absolute atomic E-state index is 6.67. The quantitative estimate of drug-likeness (QED) is 0.634. The van der Waals surface area contributed by atoms with Crippen LogP contribution in [0.3, 0.4) is 0 Å². The summed E-state index contributed by atoms with van der Waals surface area (Å²) in [5, 5.41) is 0.324. The van der Waals surface area contributed by atoms with Crippen LogP contribution < -0.4 is 0 Å². The van der Waals surface area contributed by atoms with Crippen molar-refractivity contribution in [3.63, 3.8) is 0 Å². The van der Waals surface area contributed by atoms with Crippen molar-refractivity contribution in [2.24, 2.45) is 11.8 Å². The van der Waals surface area contributed by atoms with Crippen LogP contribution in [0.4, 0.5) is 0 Å². The molecule has 0 radical (unpaired) electrons. The summed E-state index contributed by atoms with van der Waals surface area (Å²) in [5.74, 6) is 1.38. The molecule has 0 N–H and O–H groups in total. The third-order valence-corrected chi connectivity index (χ3v) is 5.55. The zero-order chi connectivity index (χ0) is 14.0. The van der Waals surface area contributed by atoms with E-state index < -0.39 is 0 Å². The van der Waals surface area contributed by atoms with Gasteiger partial charge in [0.1, 0.15) is 0 Å². The van der Waals surface area contributed by atoms with E-state index in [1.165, 1.54) is 30.4 Å². The van der Waals surface area contributed by atoms with E-state index in [1.807, 2.05) is 0 Å². The highest BCUT2D eigenvalue weighted by Gasteiger charge is 2.38. The van der Waals surface area contributed by atoms with E-state index >= 15 is 0 Å². The molecule has 0 saturated heterocycles. The second kappa shape index (κ2) is 5.87. The maximum Gasteiger partial charge on any atom is 0.0375 e. The average molecular weight is 279 g/mol. The Labute approximate surface area is 123 Å². The number of hydrogen-bond donors (Lipinski definition) is 0. The van der Waals surface area contributed by atoms with E-state index in [1.54, 1.807) is 0 Å². The predicted molar refractivity (Wildman–Crippen MR) is 85.0 cm³/mol. The minimum absolute atomic E-state index is 0.179. The first-order chi connectivity index (χ1) is 8.95. The molecule has 106 valence electrons. The number of halogens is 1. The van der Waals surface area contributed by atoms with Gasteiger partial charge < -0.3 is 0 Å². The van der Waals surface area contributed by atoms with Gasteiger partial charge in [-0.1, -0.05) is 58.4 Å². The van der Waals surface area contributed by atoms with Crippen LogP contribution in [-0.4, -0.2) is 5.38 Å². The van der Waals surface area contributed by atoms with Gasteiger partial charge in [-0.3, -0.25) is 0 Å². The molecule has 0 aromatic heterocycles. The Bertz CT molecular complexity index is 404. The molecule has 1 aromatic rings. The van der Waals surface area contributed by atoms with E-state index in [2.05, 4.69) is 52.0 Å². The molecule has 0 amide bonds. The highest BCUT2D eigenvalue weighted by molar-refractivity contribution is 6.20. The summed E-state index contributed by atoms with van der Waals surface area (Å²) in [6.07, 6.45) is 4.87. The molecule has 3 unspecified atom stereocenters. The van der Waals surface area contributed by atoms with Gasteiger partial charge in [0.25, 0.3) is 0 Å². The molecular weight excluding hydrogens is 252 g/mol. The molecule has 1 heteroatoms. The van der Waals surface area contributed by atoms with Gasteiger partial charge >= 0.3 is 0 Å². The van der Waals surface area contributed by atoms with E-state index in [0.717, 1.165) is 12.3 Å². The van der Waals surface area contributed by atoms with Crippen LogP contribution in [0.1, 0.15) is 58.1 Å². The summed E-state index contributed by atoms with van der Waals surface area (Å²) in [6.45, 7) is 9.26. The van der Waals surface area contributed by atoms with Crippen molar-refractivity contribution in [1.29, 1.82) is 0 Å². The smallest absolute Gasteiger partial charge is 0.0375 e. The lowest BCUT2D eigenvalue weighted by atomic mass is 9.65. The summed E-state index contributed by atoms with van der Waals surface area (Å²) in [5.41, 5.74) is 3.04. The van der Waals surface area contributed by atoms with Gasteiger partial charge in [-0.15, -0.1) is 11.6 Å². The normalized spacial score (nSPS) is 28.4. The van der Waals surface area contributed by atoms with E-state index in [-0.39, 0.29) is 5.41 Å². The minimum atomic E-state index is 0.179. The summed E-state index contributed by atoms with van der Waals surface area (Å²) in [7, 11) is 0. The molecule has 0 heterocycles. The Balaban J connectivity index is 2.20. The highest BCUT2D eigenvalue weighted by atomic mass is 35.5. The number of alkyl halides is 1. The summed E-state index contributed by atoms with van der Waals surface area (Å²) >= 11 is 6.67. The van der Waals surface area contributed by atoms with Crippen LogP contribution in [0, 0.1) is 11.8 Å². The third-order valence-electron chi connectivity index (χ3n) is 5.07. The lowest BCUT2D eigenvalue weighted by Gasteiger charge is -2.42. The van der Waals surface area contributed by atoms with E-state index in [9.17, 15) is 0 Å². The Hall–Kier alpha value is -0.490. The SMILES string of the molecule is CCc1ccc(C(C)(C)C2CCC(C)CC2Cl)cc1. The van der Waals surface area contributed by atoms with E-state index in [4.69, 9.17) is 11.6 Å². The average Bonchev–Trinajstić information content (AvgIpc) is 2.38. The van der Waals surface area contributed by atoms with Gasteiger partial charge in [-0.05, 0) is 47.6 Å². The molecule has 1 aliphatic rings. The van der Waals surface area contributed by atoms with Crippen LogP contribution in [0.5, 0.6) is 0 Å². The van der Waals surface area contributed by atoms with Gasteiger partial charge in [0, 0.05) is 5.38 Å². The molecule has 1 aliphatic carbocycles. The summed E-state index contributed by atoms with van der Waals surface area (Å²) in [4.78, 5) is 0. The Morgan fingerprint density at radius 3 is 2.32 bits per heavy atom. The molecule has 19 heavy (non-hydrogen) atoms. The van der Waals surface area contributed by atoms with Gasteiger partial charge in [-0.2, -0.15) is 0 Å². The van der Waals surface area contributed by atoms with Crippen LogP contribution in [-0.2, 0) is 11.8 Å². The van der Waals surface area contributed by atoms with Crippen LogP contribution in [0.2, 0.25) is 0 Å². The lowest BCUT2D eigenvalue weighted by molar-refractivity contribution is 0.207. The second-order valence-corrected chi connectivity index (χ2v) is 7.37. The van der Waals surface area contributed by atoms with Crippen molar-refractivity contribution in [2.75, 3.05) is 0 Å². The number of benzene rings is 1. The van der Waals surface area contributed by atoms with E-state index in [0.29, 0.717) is 11.3 Å². The monoisotopic (exact) mass is 278 g/mol. The first-order valence-corrected chi connectivity index (χ1v) is 8.12. The number of aryl methyl sites for hydroxylation is 1. The molecule has 0 nitrogen and oxygen atoms in total. The number of hydrogen-bond acceptors (Lipinski definition) is 0. The van der Waals surface area contributed by atoms with Crippen LogP contribution >= 0.6 is 11.6 Å². The standard InChI is InChI=1S/C18H27Cl/c1-5-14-7-9-15(10-8-14)18(3,4)16-11-6-13(2)12-17(16)19/h7-10,13,16-17H,5-6,11-12H2,1-4H3. The Morgan fingerprint density at radius 1 is 1.16 bits per heavy atom. The molecule has 1 aromatic carbocycles. The van der Waals surface area contributed by atoms with Gasteiger partial charge in [0.15, 0.2) is 0 Å². The fourth-order valence-electron chi connectivity index (χ4n) is 3.51. The van der Waals surface area contributed by atoms with Crippen molar-refractivity contribution < 1.29 is 0 Å². The second-order valence-electron chi connectivity index (χ2n) is 6.81. The molecular formula is C18H27Cl. The van der Waals surface area contributed by atoms with Crippen molar-refractivity contribution in [2.45, 2.75) is 64.2 Å². The topological polar surface area (TPSA) is 0 Å². The maximum atomic E-state index is 6.67. The van der Waals surface area contributed by atoms with Crippen molar-refractivity contribution in [3.8, 4) is 0 Å².